The van der Waals surface area contributed by atoms with Crippen molar-refractivity contribution in [1.82, 2.24) is 19.5 Å². The van der Waals surface area contributed by atoms with Crippen LogP contribution in [0.1, 0.15) is 6.92 Å². The number of nitrogens with one attached hydrogen (secondary N) is 1. The van der Waals surface area contributed by atoms with Gasteiger partial charge < -0.3 is 9.88 Å². The van der Waals surface area contributed by atoms with Crippen LogP contribution in [0, 0.1) is 0 Å². The van der Waals surface area contributed by atoms with Crippen LogP contribution in [0.3, 0.4) is 0 Å². The van der Waals surface area contributed by atoms with E-state index < -0.39 is 0 Å². The molecule has 0 bridgehead atoms. The maximum atomic E-state index is 5.89. The molecule has 2 heterocycles. The molecule has 0 saturated carbocycles. The third kappa shape index (κ3) is 3.17. The lowest BCUT2D eigenvalue weighted by atomic mass is 10.3. The van der Waals surface area contributed by atoms with Gasteiger partial charge in [0.15, 0.2) is 0 Å². The quantitative estimate of drug-likeness (QED) is 0.881. The van der Waals surface area contributed by atoms with Crippen LogP contribution in [0.25, 0.3) is 0 Å². The molecule has 0 radical (unpaired) electrons. The molecule has 90 valence electrons. The van der Waals surface area contributed by atoms with E-state index in [4.69, 9.17) is 11.6 Å². The van der Waals surface area contributed by atoms with Crippen molar-refractivity contribution in [3.63, 3.8) is 0 Å². The number of hydrogen-bond acceptors (Lipinski definition) is 4. The Morgan fingerprint density at radius 1 is 1.53 bits per heavy atom. The Bertz CT molecular complexity index is 487. The van der Waals surface area contributed by atoms with Gasteiger partial charge >= 0.3 is 0 Å². The highest BCUT2D eigenvalue weighted by Crippen LogP contribution is 2.26. The van der Waals surface area contributed by atoms with Crippen LogP contribution in [-0.4, -0.2) is 25.6 Å². The van der Waals surface area contributed by atoms with Crippen LogP contribution in [0.2, 0.25) is 5.15 Å². The van der Waals surface area contributed by atoms with Crippen molar-refractivity contribution in [3.05, 3.63) is 34.7 Å². The van der Waals surface area contributed by atoms with Gasteiger partial charge in [-0.3, -0.25) is 0 Å². The van der Waals surface area contributed by atoms with Gasteiger partial charge in [-0.1, -0.05) is 11.6 Å². The second-order valence-electron chi connectivity index (χ2n) is 3.63. The van der Waals surface area contributed by atoms with Gasteiger partial charge in [0.2, 0.25) is 0 Å². The Morgan fingerprint density at radius 3 is 3.06 bits per heavy atom. The minimum absolute atomic E-state index is 0.200. The van der Waals surface area contributed by atoms with Crippen molar-refractivity contribution < 1.29 is 0 Å². The SMILES string of the molecule is CC(Cn1ccnc1)Nc1ncnc(Cl)c1Br. The van der Waals surface area contributed by atoms with Crippen LogP contribution in [0.4, 0.5) is 5.82 Å². The normalized spacial score (nSPS) is 12.4. The summed E-state index contributed by atoms with van der Waals surface area (Å²) in [6.07, 6.45) is 6.88. The fourth-order valence-electron chi connectivity index (χ4n) is 1.44. The van der Waals surface area contributed by atoms with Crippen LogP contribution in [0.5, 0.6) is 0 Å². The smallest absolute Gasteiger partial charge is 0.148 e. The molecule has 0 aromatic carbocycles. The van der Waals surface area contributed by atoms with E-state index in [1.165, 1.54) is 6.33 Å². The van der Waals surface area contributed by atoms with Crippen molar-refractivity contribution in [3.8, 4) is 0 Å². The summed E-state index contributed by atoms with van der Waals surface area (Å²) < 4.78 is 2.67. The zero-order chi connectivity index (χ0) is 12.3. The third-order valence-electron chi connectivity index (χ3n) is 2.17. The van der Waals surface area contributed by atoms with Gasteiger partial charge in [-0.15, -0.1) is 0 Å². The number of rotatable bonds is 4. The average molecular weight is 317 g/mol. The van der Waals surface area contributed by atoms with Crippen molar-refractivity contribution in [2.45, 2.75) is 19.5 Å². The van der Waals surface area contributed by atoms with E-state index in [2.05, 4.69) is 43.1 Å². The summed E-state index contributed by atoms with van der Waals surface area (Å²) in [5, 5.41) is 3.66. The summed E-state index contributed by atoms with van der Waals surface area (Å²) >= 11 is 9.23. The fraction of sp³-hybridized carbons (Fsp3) is 0.300. The molecular weight excluding hydrogens is 306 g/mol. The first-order valence-corrected chi connectivity index (χ1v) is 6.22. The summed E-state index contributed by atoms with van der Waals surface area (Å²) in [4.78, 5) is 12.0. The third-order valence-corrected chi connectivity index (χ3v) is 3.44. The molecule has 0 aliphatic rings. The zero-order valence-electron chi connectivity index (χ0n) is 9.14. The van der Waals surface area contributed by atoms with Gasteiger partial charge in [-0.05, 0) is 22.9 Å². The Labute approximate surface area is 112 Å². The Balaban J connectivity index is 2.03. The number of halogens is 2. The summed E-state index contributed by atoms with van der Waals surface area (Å²) in [5.74, 6) is 0.692. The molecule has 2 aromatic heterocycles. The van der Waals surface area contributed by atoms with E-state index in [9.17, 15) is 0 Å². The van der Waals surface area contributed by atoms with Crippen molar-refractivity contribution in [2.75, 3.05) is 5.32 Å². The lowest BCUT2D eigenvalue weighted by Crippen LogP contribution is -2.22. The Hall–Kier alpha value is -1.14. The van der Waals surface area contributed by atoms with E-state index in [1.807, 2.05) is 10.8 Å². The first kappa shape index (κ1) is 12.3. The molecule has 2 rings (SSSR count). The molecule has 2 aromatic rings. The summed E-state index contributed by atoms with van der Waals surface area (Å²) in [6, 6.07) is 0.200. The molecular formula is C10H11BrClN5. The minimum Gasteiger partial charge on any atom is -0.365 e. The molecule has 0 saturated heterocycles. The molecule has 1 unspecified atom stereocenters. The Morgan fingerprint density at radius 2 is 2.35 bits per heavy atom. The first-order valence-electron chi connectivity index (χ1n) is 5.05. The van der Waals surface area contributed by atoms with Gasteiger partial charge in [0.1, 0.15) is 17.3 Å². The number of imidazole rings is 1. The molecule has 0 aliphatic heterocycles. The molecule has 5 nitrogen and oxygen atoms in total. The lowest BCUT2D eigenvalue weighted by Gasteiger charge is -2.15. The average Bonchev–Trinajstić information content (AvgIpc) is 2.77. The number of hydrogen-bond donors (Lipinski definition) is 1. The maximum absolute atomic E-state index is 5.89. The summed E-state index contributed by atoms with van der Waals surface area (Å²) in [6.45, 7) is 2.86. The number of anilines is 1. The van der Waals surface area contributed by atoms with Crippen LogP contribution in [-0.2, 0) is 6.54 Å². The van der Waals surface area contributed by atoms with E-state index in [1.54, 1.807) is 12.5 Å². The van der Waals surface area contributed by atoms with Crippen molar-refractivity contribution in [1.29, 1.82) is 0 Å². The van der Waals surface area contributed by atoms with Gasteiger partial charge in [0, 0.05) is 25.0 Å². The maximum Gasteiger partial charge on any atom is 0.148 e. The second-order valence-corrected chi connectivity index (χ2v) is 4.78. The van der Waals surface area contributed by atoms with E-state index in [0.29, 0.717) is 15.4 Å². The Kier molecular flexibility index (Phi) is 3.96. The van der Waals surface area contributed by atoms with Crippen LogP contribution >= 0.6 is 27.5 Å². The van der Waals surface area contributed by atoms with Gasteiger partial charge in [-0.25, -0.2) is 15.0 Å². The lowest BCUT2D eigenvalue weighted by molar-refractivity contribution is 0.616. The predicted molar refractivity (Wildman–Crippen MR) is 70.1 cm³/mol. The topological polar surface area (TPSA) is 55.6 Å². The predicted octanol–water partition coefficient (Wildman–Crippen LogP) is 2.59. The minimum atomic E-state index is 0.200. The number of nitrogens with zero attached hydrogens (tertiary/aromatic N) is 4. The standard InChI is InChI=1S/C10H11BrClN5/c1-7(4-17-3-2-13-6-17)16-10-8(11)9(12)14-5-15-10/h2-3,5-7H,4H2,1H3,(H,14,15,16). The van der Waals surface area contributed by atoms with Gasteiger partial charge in [0.25, 0.3) is 0 Å². The molecule has 17 heavy (non-hydrogen) atoms. The van der Waals surface area contributed by atoms with Crippen LogP contribution < -0.4 is 5.32 Å². The molecule has 0 amide bonds. The highest BCUT2D eigenvalue weighted by molar-refractivity contribution is 9.10. The van der Waals surface area contributed by atoms with E-state index in [-0.39, 0.29) is 6.04 Å². The molecule has 0 fully saturated rings. The first-order chi connectivity index (χ1) is 8.16. The zero-order valence-corrected chi connectivity index (χ0v) is 11.5. The van der Waals surface area contributed by atoms with Gasteiger partial charge in [0.05, 0.1) is 10.8 Å². The molecule has 7 heteroatoms. The summed E-state index contributed by atoms with van der Waals surface area (Å²) in [5.41, 5.74) is 0. The molecule has 1 atom stereocenters. The van der Waals surface area contributed by atoms with Gasteiger partial charge in [-0.2, -0.15) is 0 Å². The number of aromatic nitrogens is 4. The van der Waals surface area contributed by atoms with E-state index >= 15 is 0 Å². The van der Waals surface area contributed by atoms with Crippen molar-refractivity contribution in [2.24, 2.45) is 0 Å². The molecule has 1 N–H and O–H groups in total. The van der Waals surface area contributed by atoms with Crippen LogP contribution in [0.15, 0.2) is 29.5 Å². The van der Waals surface area contributed by atoms with E-state index in [0.717, 1.165) is 6.54 Å². The summed E-state index contributed by atoms with van der Waals surface area (Å²) in [7, 11) is 0. The molecule has 0 aliphatic carbocycles. The second kappa shape index (κ2) is 5.46. The highest BCUT2D eigenvalue weighted by atomic mass is 79.9. The fourth-order valence-corrected chi connectivity index (χ4v) is 1.89. The largest absolute Gasteiger partial charge is 0.365 e. The van der Waals surface area contributed by atoms with Crippen molar-refractivity contribution >= 4 is 33.3 Å². The molecule has 0 spiro atoms. The monoisotopic (exact) mass is 315 g/mol. The highest BCUT2D eigenvalue weighted by Gasteiger charge is 2.09.